The van der Waals surface area contributed by atoms with E-state index in [4.69, 9.17) is 18.8 Å². The van der Waals surface area contributed by atoms with Crippen molar-refractivity contribution in [1.29, 1.82) is 0 Å². The highest BCUT2D eigenvalue weighted by atomic mass is 16.3. The van der Waals surface area contributed by atoms with Crippen LogP contribution in [-0.4, -0.2) is 19.9 Å². The van der Waals surface area contributed by atoms with E-state index in [0.717, 1.165) is 22.5 Å². The van der Waals surface area contributed by atoms with E-state index in [9.17, 15) is 0 Å². The second-order valence-electron chi connectivity index (χ2n) is 11.9. The fourth-order valence-corrected chi connectivity index (χ4v) is 7.59. The quantitative estimate of drug-likeness (QED) is 0.199. The zero-order chi connectivity index (χ0) is 31.0. The van der Waals surface area contributed by atoms with Gasteiger partial charge in [-0.1, -0.05) is 84.9 Å². The molecule has 2 aliphatic rings. The lowest BCUT2D eigenvalue weighted by Gasteiger charge is -2.31. The van der Waals surface area contributed by atoms with Crippen LogP contribution in [0, 0.1) is 0 Å². The van der Waals surface area contributed by atoms with Crippen molar-refractivity contribution < 1.29 is 8.83 Å². The van der Waals surface area contributed by atoms with E-state index >= 15 is 0 Å². The van der Waals surface area contributed by atoms with E-state index in [2.05, 4.69) is 94.9 Å². The molecule has 47 heavy (non-hydrogen) atoms. The van der Waals surface area contributed by atoms with Gasteiger partial charge < -0.3 is 8.83 Å². The summed E-state index contributed by atoms with van der Waals surface area (Å²) in [7, 11) is 0. The van der Waals surface area contributed by atoms with Crippen molar-refractivity contribution in [3.8, 4) is 67.9 Å². The molecule has 0 unspecified atom stereocenters. The van der Waals surface area contributed by atoms with Crippen LogP contribution in [-0.2, 0) is 5.41 Å². The number of nitrogens with zero attached hydrogens (tertiary/aromatic N) is 4. The molecule has 0 saturated carbocycles. The molecule has 0 bridgehead atoms. The molecule has 10 rings (SSSR count). The molecule has 1 spiro atoms. The third-order valence-electron chi connectivity index (χ3n) is 9.48. The molecular weight excluding hydrogens is 580 g/mol. The van der Waals surface area contributed by atoms with Gasteiger partial charge in [-0.05, 0) is 80.9 Å². The monoisotopic (exact) mass is 604 g/mol. The Morgan fingerprint density at radius 3 is 1.32 bits per heavy atom. The summed E-state index contributed by atoms with van der Waals surface area (Å²) in [4.78, 5) is 18.6. The summed E-state index contributed by atoms with van der Waals surface area (Å²) in [6.07, 6.45) is 6.43. The fourth-order valence-electron chi connectivity index (χ4n) is 7.59. The van der Waals surface area contributed by atoms with Crippen molar-refractivity contribution >= 4 is 0 Å². The zero-order valence-electron chi connectivity index (χ0n) is 25.0. The number of pyridine rings is 2. The van der Waals surface area contributed by atoms with Gasteiger partial charge in [-0.3, -0.25) is 0 Å². The number of oxazole rings is 2. The largest absolute Gasteiger partial charge is 0.443 e. The SMILES string of the molecule is c1cc(-c2ccc3c(c2)C2(c4ccccc4-c4ccccc42)c2cc(-c4cccc(-c5ncco5)n4)ccc2-3)nc(-c2ncco2)c1. The summed E-state index contributed by atoms with van der Waals surface area (Å²) < 4.78 is 11.1. The van der Waals surface area contributed by atoms with Crippen molar-refractivity contribution in [3.63, 3.8) is 0 Å². The summed E-state index contributed by atoms with van der Waals surface area (Å²) in [6.45, 7) is 0. The number of hydrogen-bond acceptors (Lipinski definition) is 6. The second kappa shape index (κ2) is 9.80. The predicted octanol–water partition coefficient (Wildman–Crippen LogP) is 9.46. The second-order valence-corrected chi connectivity index (χ2v) is 11.9. The number of benzene rings is 4. The van der Waals surface area contributed by atoms with E-state index in [0.29, 0.717) is 23.2 Å². The molecule has 0 aliphatic heterocycles. The first-order valence-electron chi connectivity index (χ1n) is 15.5. The average molecular weight is 605 g/mol. The molecule has 0 atom stereocenters. The van der Waals surface area contributed by atoms with Gasteiger partial charge in [0, 0.05) is 11.1 Å². The first-order chi connectivity index (χ1) is 23.3. The van der Waals surface area contributed by atoms with Crippen molar-refractivity contribution in [2.75, 3.05) is 0 Å². The van der Waals surface area contributed by atoms with Crippen LogP contribution in [0.25, 0.3) is 67.9 Å². The molecular formula is C41H24N4O2. The average Bonchev–Trinajstić information content (AvgIpc) is 3.96. The van der Waals surface area contributed by atoms with E-state index in [1.165, 1.54) is 44.5 Å². The van der Waals surface area contributed by atoms with Crippen LogP contribution in [0.4, 0.5) is 0 Å². The molecule has 2 aliphatic carbocycles. The van der Waals surface area contributed by atoms with Crippen LogP contribution in [0.5, 0.6) is 0 Å². The summed E-state index contributed by atoms with van der Waals surface area (Å²) in [5.74, 6) is 1.01. The normalized spacial score (nSPS) is 13.3. The van der Waals surface area contributed by atoms with Crippen LogP contribution in [0.3, 0.4) is 0 Å². The van der Waals surface area contributed by atoms with Gasteiger partial charge in [-0.25, -0.2) is 19.9 Å². The maximum Gasteiger partial charge on any atom is 0.245 e. The molecule has 0 N–H and O–H groups in total. The van der Waals surface area contributed by atoms with Crippen molar-refractivity contribution in [2.24, 2.45) is 0 Å². The van der Waals surface area contributed by atoms with Crippen molar-refractivity contribution in [2.45, 2.75) is 5.41 Å². The topological polar surface area (TPSA) is 77.8 Å². The Balaban J connectivity index is 1.22. The maximum atomic E-state index is 5.57. The lowest BCUT2D eigenvalue weighted by Crippen LogP contribution is -2.26. The van der Waals surface area contributed by atoms with Crippen LogP contribution in [0.1, 0.15) is 22.3 Å². The van der Waals surface area contributed by atoms with Crippen LogP contribution in [0.2, 0.25) is 0 Å². The van der Waals surface area contributed by atoms with Crippen LogP contribution in [0.15, 0.2) is 155 Å². The van der Waals surface area contributed by atoms with E-state index < -0.39 is 5.41 Å². The molecule has 0 radical (unpaired) electrons. The van der Waals surface area contributed by atoms with Gasteiger partial charge >= 0.3 is 0 Å². The predicted molar refractivity (Wildman–Crippen MR) is 180 cm³/mol. The first kappa shape index (κ1) is 25.9. The lowest BCUT2D eigenvalue weighted by molar-refractivity contribution is 0.572. The molecule has 0 amide bonds. The van der Waals surface area contributed by atoms with Crippen LogP contribution >= 0.6 is 0 Å². The highest BCUT2D eigenvalue weighted by molar-refractivity contribution is 5.96. The highest BCUT2D eigenvalue weighted by Gasteiger charge is 2.51. The Kier molecular flexibility index (Phi) is 5.40. The van der Waals surface area contributed by atoms with E-state index in [1.807, 2.05) is 36.4 Å². The third kappa shape index (κ3) is 3.66. The van der Waals surface area contributed by atoms with Gasteiger partial charge in [0.05, 0.1) is 29.2 Å². The standard InChI is InChI=1S/C41H24N4O2/c1-3-9-31-27(7-1)28-8-2-4-10-32(28)41(31)33-23-25(35-11-5-13-37(44-35)39-42-19-21-46-39)15-17-29(33)30-18-16-26(24-34(30)41)36-12-6-14-38(45-36)40-43-20-22-47-40/h1-24H. The van der Waals surface area contributed by atoms with Gasteiger partial charge in [0.2, 0.25) is 11.8 Å². The summed E-state index contributed by atoms with van der Waals surface area (Å²) in [5, 5.41) is 0. The molecule has 0 fully saturated rings. The van der Waals surface area contributed by atoms with Crippen molar-refractivity contribution in [3.05, 3.63) is 169 Å². The van der Waals surface area contributed by atoms with Gasteiger partial charge in [-0.15, -0.1) is 0 Å². The summed E-state index contributed by atoms with van der Waals surface area (Å²) in [6, 6.07) is 43.1. The molecule has 8 aromatic rings. The minimum atomic E-state index is -0.524. The Hall–Kier alpha value is -6.40. The smallest absolute Gasteiger partial charge is 0.245 e. The molecule has 0 saturated heterocycles. The van der Waals surface area contributed by atoms with E-state index in [1.54, 1.807) is 24.9 Å². The lowest BCUT2D eigenvalue weighted by atomic mass is 9.70. The zero-order valence-corrected chi connectivity index (χ0v) is 25.0. The minimum absolute atomic E-state index is 0.503. The highest BCUT2D eigenvalue weighted by Crippen LogP contribution is 2.63. The molecule has 6 heteroatoms. The molecule has 4 heterocycles. The number of hydrogen-bond donors (Lipinski definition) is 0. The minimum Gasteiger partial charge on any atom is -0.443 e. The molecule has 4 aromatic heterocycles. The number of fused-ring (bicyclic) bond motifs is 10. The molecule has 220 valence electrons. The summed E-state index contributed by atoms with van der Waals surface area (Å²) in [5.41, 5.74) is 14.6. The Labute approximate surface area is 270 Å². The Morgan fingerprint density at radius 2 is 0.851 bits per heavy atom. The number of aromatic nitrogens is 4. The number of rotatable bonds is 4. The molecule has 4 aromatic carbocycles. The van der Waals surface area contributed by atoms with Gasteiger partial charge in [0.25, 0.3) is 0 Å². The molecule has 6 nitrogen and oxygen atoms in total. The summed E-state index contributed by atoms with van der Waals surface area (Å²) >= 11 is 0. The van der Waals surface area contributed by atoms with Crippen LogP contribution < -0.4 is 0 Å². The Bertz CT molecular complexity index is 2310. The van der Waals surface area contributed by atoms with Gasteiger partial charge in [-0.2, -0.15) is 0 Å². The van der Waals surface area contributed by atoms with Gasteiger partial charge in [0.15, 0.2) is 0 Å². The Morgan fingerprint density at radius 1 is 0.404 bits per heavy atom. The van der Waals surface area contributed by atoms with Gasteiger partial charge in [0.1, 0.15) is 23.9 Å². The maximum absolute atomic E-state index is 5.57. The fraction of sp³-hybridized carbons (Fsp3) is 0.0244. The third-order valence-corrected chi connectivity index (χ3v) is 9.48. The first-order valence-corrected chi connectivity index (χ1v) is 15.5. The van der Waals surface area contributed by atoms with E-state index in [-0.39, 0.29) is 0 Å². The van der Waals surface area contributed by atoms with Crippen molar-refractivity contribution in [1.82, 2.24) is 19.9 Å².